The second-order valence-electron chi connectivity index (χ2n) is 2.96. The fraction of sp³-hybridized carbons (Fsp3) is 0.222. The third-order valence-corrected chi connectivity index (χ3v) is 2.68. The van der Waals surface area contributed by atoms with Crippen molar-refractivity contribution in [3.05, 3.63) is 28.1 Å². The first kappa shape index (κ1) is 10.1. The molecule has 0 fully saturated rings. The molecule has 15 heavy (non-hydrogen) atoms. The maximum absolute atomic E-state index is 11.5. The monoisotopic (exact) mass is 269 g/mol. The number of carbonyl (C=O) groups is 1. The Balaban J connectivity index is 2.81. The van der Waals surface area contributed by atoms with Crippen LogP contribution < -0.4 is 0 Å². The molecule has 0 spiro atoms. The average Bonchev–Trinajstić information content (AvgIpc) is 2.62. The predicted molar refractivity (Wildman–Crippen MR) is 56.8 cm³/mol. The summed E-state index contributed by atoms with van der Waals surface area (Å²) in [5, 5.41) is 7.86. The predicted octanol–water partition coefficient (Wildman–Crippen LogP) is 1.59. The molecule has 2 aromatic rings. The van der Waals surface area contributed by atoms with Crippen LogP contribution in [0.5, 0.6) is 0 Å². The Kier molecular flexibility index (Phi) is 2.44. The van der Waals surface area contributed by atoms with Crippen LogP contribution in [0.25, 0.3) is 5.65 Å². The normalized spacial score (nSPS) is 10.6. The third-order valence-electron chi connectivity index (χ3n) is 2.06. The Labute approximate surface area is 94.2 Å². The fourth-order valence-electron chi connectivity index (χ4n) is 1.37. The topological polar surface area (TPSA) is 56.5 Å². The van der Waals surface area contributed by atoms with Gasteiger partial charge in [-0.15, -0.1) is 10.2 Å². The van der Waals surface area contributed by atoms with Crippen molar-refractivity contribution in [2.75, 3.05) is 7.11 Å². The molecule has 0 aromatic carbocycles. The van der Waals surface area contributed by atoms with E-state index in [4.69, 9.17) is 0 Å². The lowest BCUT2D eigenvalue weighted by Crippen LogP contribution is -2.09. The molecule has 0 unspecified atom stereocenters. The zero-order valence-corrected chi connectivity index (χ0v) is 9.78. The van der Waals surface area contributed by atoms with Gasteiger partial charge in [0.2, 0.25) is 0 Å². The summed E-state index contributed by atoms with van der Waals surface area (Å²) in [6.07, 6.45) is 0. The van der Waals surface area contributed by atoms with Crippen LogP contribution in [0, 0.1) is 6.92 Å². The van der Waals surface area contributed by atoms with E-state index in [1.165, 1.54) is 7.11 Å². The van der Waals surface area contributed by atoms with E-state index in [-0.39, 0.29) is 0 Å². The molecule has 0 aliphatic carbocycles. The van der Waals surface area contributed by atoms with E-state index in [0.717, 1.165) is 4.47 Å². The Bertz CT molecular complexity index is 535. The largest absolute Gasteiger partial charge is 0.464 e. The summed E-state index contributed by atoms with van der Waals surface area (Å²) >= 11 is 3.34. The third kappa shape index (κ3) is 1.50. The van der Waals surface area contributed by atoms with E-state index in [2.05, 4.69) is 30.9 Å². The van der Waals surface area contributed by atoms with Gasteiger partial charge in [-0.25, -0.2) is 4.79 Å². The van der Waals surface area contributed by atoms with Crippen molar-refractivity contribution < 1.29 is 9.53 Å². The minimum Gasteiger partial charge on any atom is -0.464 e. The Morgan fingerprint density at radius 2 is 2.20 bits per heavy atom. The number of rotatable bonds is 1. The number of esters is 1. The lowest BCUT2D eigenvalue weighted by atomic mass is 10.3. The molecule has 2 heterocycles. The summed E-state index contributed by atoms with van der Waals surface area (Å²) in [6.45, 7) is 1.78. The molecular formula is C9H8BrN3O2. The van der Waals surface area contributed by atoms with Crippen molar-refractivity contribution in [2.45, 2.75) is 6.92 Å². The molecule has 0 atom stereocenters. The zero-order valence-electron chi connectivity index (χ0n) is 8.19. The van der Waals surface area contributed by atoms with Crippen molar-refractivity contribution in [1.29, 1.82) is 0 Å². The number of hydrogen-bond acceptors (Lipinski definition) is 4. The molecule has 2 rings (SSSR count). The summed E-state index contributed by atoms with van der Waals surface area (Å²) in [5.74, 6) is 0.238. The van der Waals surface area contributed by atoms with Crippen LogP contribution in [0.3, 0.4) is 0 Å². The lowest BCUT2D eigenvalue weighted by Gasteiger charge is -2.04. The van der Waals surface area contributed by atoms with Gasteiger partial charge in [0.25, 0.3) is 0 Å². The van der Waals surface area contributed by atoms with Crippen LogP contribution in [0.15, 0.2) is 16.6 Å². The van der Waals surface area contributed by atoms with E-state index in [1.54, 1.807) is 23.5 Å². The van der Waals surface area contributed by atoms with Gasteiger partial charge in [-0.1, -0.05) is 0 Å². The van der Waals surface area contributed by atoms with Gasteiger partial charge in [0.05, 0.1) is 11.6 Å². The molecule has 0 radical (unpaired) electrons. The smallest absolute Gasteiger partial charge is 0.355 e. The molecule has 2 aromatic heterocycles. The Morgan fingerprint density at radius 1 is 1.47 bits per heavy atom. The first-order valence-corrected chi connectivity index (χ1v) is 5.03. The van der Waals surface area contributed by atoms with Crippen LogP contribution >= 0.6 is 15.9 Å². The van der Waals surface area contributed by atoms with Crippen molar-refractivity contribution in [2.24, 2.45) is 0 Å². The van der Waals surface area contributed by atoms with Gasteiger partial charge < -0.3 is 4.74 Å². The van der Waals surface area contributed by atoms with Crippen molar-refractivity contribution in [1.82, 2.24) is 14.6 Å². The molecule has 0 aliphatic heterocycles. The zero-order chi connectivity index (χ0) is 11.0. The Morgan fingerprint density at radius 3 is 2.87 bits per heavy atom. The van der Waals surface area contributed by atoms with Crippen LogP contribution in [-0.4, -0.2) is 27.7 Å². The van der Waals surface area contributed by atoms with Gasteiger partial charge in [-0.2, -0.15) is 0 Å². The number of ether oxygens (including phenoxy) is 1. The van der Waals surface area contributed by atoms with E-state index in [0.29, 0.717) is 17.2 Å². The summed E-state index contributed by atoms with van der Waals surface area (Å²) in [7, 11) is 1.34. The van der Waals surface area contributed by atoms with E-state index in [9.17, 15) is 4.79 Å². The highest BCUT2D eigenvalue weighted by Crippen LogP contribution is 2.19. The Hall–Kier alpha value is -1.43. The minimum absolute atomic E-state index is 0.407. The number of methoxy groups -OCH3 is 1. The number of carbonyl (C=O) groups excluding carboxylic acids is 1. The van der Waals surface area contributed by atoms with Crippen molar-refractivity contribution in [3.8, 4) is 0 Å². The second kappa shape index (κ2) is 3.62. The van der Waals surface area contributed by atoms with Crippen LogP contribution in [0.2, 0.25) is 0 Å². The lowest BCUT2D eigenvalue weighted by molar-refractivity contribution is 0.0592. The number of nitrogens with zero attached hydrogens (tertiary/aromatic N) is 3. The molecule has 0 N–H and O–H groups in total. The van der Waals surface area contributed by atoms with E-state index < -0.39 is 5.97 Å². The van der Waals surface area contributed by atoms with E-state index in [1.807, 2.05) is 0 Å². The molecule has 0 saturated carbocycles. The highest BCUT2D eigenvalue weighted by atomic mass is 79.9. The first-order valence-electron chi connectivity index (χ1n) is 4.23. The molecule has 78 valence electrons. The van der Waals surface area contributed by atoms with Crippen molar-refractivity contribution in [3.63, 3.8) is 0 Å². The molecule has 0 saturated heterocycles. The first-order chi connectivity index (χ1) is 7.15. The van der Waals surface area contributed by atoms with Crippen LogP contribution in [-0.2, 0) is 4.74 Å². The number of fused-ring (bicyclic) bond motifs is 1. The highest BCUT2D eigenvalue weighted by molar-refractivity contribution is 9.10. The second-order valence-corrected chi connectivity index (χ2v) is 3.82. The summed E-state index contributed by atoms with van der Waals surface area (Å²) in [6, 6.07) is 3.41. The van der Waals surface area contributed by atoms with Gasteiger partial charge in [-0.05, 0) is 35.0 Å². The minimum atomic E-state index is -0.407. The number of pyridine rings is 1. The van der Waals surface area contributed by atoms with Crippen molar-refractivity contribution >= 4 is 27.5 Å². The summed E-state index contributed by atoms with van der Waals surface area (Å²) in [5.41, 5.74) is 1.02. The molecule has 6 heteroatoms. The molecule has 5 nitrogen and oxygen atoms in total. The number of aryl methyl sites for hydroxylation is 1. The quantitative estimate of drug-likeness (QED) is 0.738. The number of hydrogen-bond donors (Lipinski definition) is 0. The molecule has 0 bridgehead atoms. The fourth-order valence-corrected chi connectivity index (χ4v) is 1.76. The molecule has 0 aliphatic rings. The van der Waals surface area contributed by atoms with Gasteiger partial charge in [0.15, 0.2) is 5.65 Å². The van der Waals surface area contributed by atoms with E-state index >= 15 is 0 Å². The molecular weight excluding hydrogens is 262 g/mol. The standard InChI is InChI=1S/C9H8BrN3O2/c1-5-11-12-8-6(10)3-4-7(13(5)8)9(14)15-2/h3-4H,1-2H3. The highest BCUT2D eigenvalue weighted by Gasteiger charge is 2.15. The van der Waals surface area contributed by atoms with Gasteiger partial charge in [0.1, 0.15) is 11.5 Å². The van der Waals surface area contributed by atoms with Gasteiger partial charge >= 0.3 is 5.97 Å². The maximum atomic E-state index is 11.5. The SMILES string of the molecule is COC(=O)c1ccc(Br)c2nnc(C)n12. The van der Waals surface area contributed by atoms with Crippen LogP contribution in [0.1, 0.15) is 16.3 Å². The van der Waals surface area contributed by atoms with Gasteiger partial charge in [0, 0.05) is 0 Å². The maximum Gasteiger partial charge on any atom is 0.355 e. The summed E-state index contributed by atoms with van der Waals surface area (Å²) < 4.78 is 7.11. The van der Waals surface area contributed by atoms with Gasteiger partial charge in [-0.3, -0.25) is 4.40 Å². The molecule has 0 amide bonds. The number of halogens is 1. The van der Waals surface area contributed by atoms with Crippen LogP contribution in [0.4, 0.5) is 0 Å². The number of aromatic nitrogens is 3. The average molecular weight is 270 g/mol. The summed E-state index contributed by atoms with van der Waals surface area (Å²) in [4.78, 5) is 11.5.